The zero-order chi connectivity index (χ0) is 13.7. The third-order valence-corrected chi connectivity index (χ3v) is 3.03. The second-order valence-electron chi connectivity index (χ2n) is 4.39. The van der Waals surface area contributed by atoms with Crippen LogP contribution in [-0.2, 0) is 13.2 Å². The summed E-state index contributed by atoms with van der Waals surface area (Å²) in [5, 5.41) is 8.82. The van der Waals surface area contributed by atoms with Crippen LogP contribution < -0.4 is 10.5 Å². The maximum absolute atomic E-state index is 8.82. The normalized spacial score (nSPS) is 9.95. The molecule has 2 rings (SSSR count). The number of nitriles is 1. The van der Waals surface area contributed by atoms with Crippen molar-refractivity contribution in [3.8, 4) is 11.8 Å². The molecule has 2 aromatic rings. The molecule has 0 atom stereocenters. The van der Waals surface area contributed by atoms with E-state index in [1.165, 1.54) is 0 Å². The van der Waals surface area contributed by atoms with Crippen molar-refractivity contribution in [2.75, 3.05) is 0 Å². The maximum Gasteiger partial charge on any atom is 0.119 e. The van der Waals surface area contributed by atoms with E-state index in [0.29, 0.717) is 18.7 Å². The second kappa shape index (κ2) is 6.03. The Morgan fingerprint density at radius 1 is 1.16 bits per heavy atom. The molecule has 0 bridgehead atoms. The van der Waals surface area contributed by atoms with Gasteiger partial charge in [-0.25, -0.2) is 0 Å². The smallest absolute Gasteiger partial charge is 0.119 e. The lowest BCUT2D eigenvalue weighted by molar-refractivity contribution is 0.305. The average Bonchev–Trinajstić information content (AvgIpc) is 2.46. The van der Waals surface area contributed by atoms with Gasteiger partial charge in [0.1, 0.15) is 12.4 Å². The van der Waals surface area contributed by atoms with Crippen LogP contribution in [0.4, 0.5) is 0 Å². The van der Waals surface area contributed by atoms with Crippen LogP contribution in [0, 0.1) is 18.3 Å². The largest absolute Gasteiger partial charge is 0.489 e. The van der Waals surface area contributed by atoms with E-state index in [1.54, 1.807) is 0 Å². The van der Waals surface area contributed by atoms with Crippen LogP contribution in [-0.4, -0.2) is 0 Å². The van der Waals surface area contributed by atoms with E-state index in [4.69, 9.17) is 15.7 Å². The van der Waals surface area contributed by atoms with Crippen molar-refractivity contribution in [2.45, 2.75) is 20.1 Å². The number of benzene rings is 2. The molecule has 0 heterocycles. The first-order valence-electron chi connectivity index (χ1n) is 6.14. The number of ether oxygens (including phenoxy) is 1. The number of hydrogen-bond acceptors (Lipinski definition) is 3. The molecule has 0 aliphatic heterocycles. The summed E-state index contributed by atoms with van der Waals surface area (Å²) >= 11 is 0. The number of rotatable bonds is 4. The summed E-state index contributed by atoms with van der Waals surface area (Å²) in [4.78, 5) is 0. The van der Waals surface area contributed by atoms with Crippen molar-refractivity contribution < 1.29 is 4.74 Å². The van der Waals surface area contributed by atoms with Gasteiger partial charge in [-0.05, 0) is 47.9 Å². The number of hydrogen-bond donors (Lipinski definition) is 1. The van der Waals surface area contributed by atoms with Crippen LogP contribution in [0.3, 0.4) is 0 Å². The molecule has 19 heavy (non-hydrogen) atoms. The number of nitrogens with two attached hydrogens (primary N) is 1. The molecule has 0 aliphatic carbocycles. The SMILES string of the molecule is Cc1cc(C#N)ccc1COc1ccc(CN)cc1. The predicted molar refractivity (Wildman–Crippen MR) is 74.6 cm³/mol. The van der Waals surface area contributed by atoms with Gasteiger partial charge in [-0.15, -0.1) is 0 Å². The third kappa shape index (κ3) is 3.34. The minimum Gasteiger partial charge on any atom is -0.489 e. The molecule has 0 unspecified atom stereocenters. The molecule has 2 N–H and O–H groups in total. The Balaban J connectivity index is 2.04. The molecule has 0 saturated carbocycles. The fourth-order valence-electron chi connectivity index (χ4n) is 1.81. The molecule has 0 fully saturated rings. The fraction of sp³-hybridized carbons (Fsp3) is 0.188. The van der Waals surface area contributed by atoms with E-state index < -0.39 is 0 Å². The Kier molecular flexibility index (Phi) is 4.17. The molecule has 96 valence electrons. The maximum atomic E-state index is 8.82. The molecule has 0 radical (unpaired) electrons. The third-order valence-electron chi connectivity index (χ3n) is 3.03. The Morgan fingerprint density at radius 3 is 2.47 bits per heavy atom. The summed E-state index contributed by atoms with van der Waals surface area (Å²) in [6, 6.07) is 15.5. The number of aryl methyl sites for hydroxylation is 1. The quantitative estimate of drug-likeness (QED) is 0.910. The average molecular weight is 252 g/mol. The molecule has 0 aromatic heterocycles. The topological polar surface area (TPSA) is 59.0 Å². The lowest BCUT2D eigenvalue weighted by atomic mass is 10.1. The highest BCUT2D eigenvalue weighted by atomic mass is 16.5. The Hall–Kier alpha value is -2.31. The van der Waals surface area contributed by atoms with Crippen molar-refractivity contribution in [1.29, 1.82) is 5.26 Å². The summed E-state index contributed by atoms with van der Waals surface area (Å²) in [5.41, 5.74) is 9.46. The molecule has 3 nitrogen and oxygen atoms in total. The molecule has 0 spiro atoms. The Morgan fingerprint density at radius 2 is 1.89 bits per heavy atom. The lowest BCUT2D eigenvalue weighted by Gasteiger charge is -2.09. The van der Waals surface area contributed by atoms with E-state index in [-0.39, 0.29) is 0 Å². The van der Waals surface area contributed by atoms with Gasteiger partial charge >= 0.3 is 0 Å². The van der Waals surface area contributed by atoms with Crippen molar-refractivity contribution in [3.63, 3.8) is 0 Å². The molecule has 0 amide bonds. The van der Waals surface area contributed by atoms with Gasteiger partial charge in [-0.3, -0.25) is 0 Å². The molecular formula is C16H16N2O. The highest BCUT2D eigenvalue weighted by Gasteiger charge is 2.01. The number of nitrogens with zero attached hydrogens (tertiary/aromatic N) is 1. The van der Waals surface area contributed by atoms with E-state index in [1.807, 2.05) is 49.4 Å². The first-order chi connectivity index (χ1) is 9.22. The first-order valence-corrected chi connectivity index (χ1v) is 6.14. The molecule has 0 saturated heterocycles. The van der Waals surface area contributed by atoms with E-state index in [2.05, 4.69) is 6.07 Å². The van der Waals surface area contributed by atoms with Crippen LogP contribution >= 0.6 is 0 Å². The van der Waals surface area contributed by atoms with Gasteiger partial charge in [0, 0.05) is 6.54 Å². The van der Waals surface area contributed by atoms with Crippen LogP contribution in [0.1, 0.15) is 22.3 Å². The Bertz CT molecular complexity index is 597. The van der Waals surface area contributed by atoms with E-state index in [0.717, 1.165) is 22.4 Å². The molecular weight excluding hydrogens is 236 g/mol. The van der Waals surface area contributed by atoms with Crippen LogP contribution in [0.5, 0.6) is 5.75 Å². The monoisotopic (exact) mass is 252 g/mol. The van der Waals surface area contributed by atoms with Gasteiger partial charge in [-0.1, -0.05) is 18.2 Å². The minimum atomic E-state index is 0.500. The van der Waals surface area contributed by atoms with Crippen molar-refractivity contribution in [3.05, 3.63) is 64.7 Å². The van der Waals surface area contributed by atoms with E-state index >= 15 is 0 Å². The van der Waals surface area contributed by atoms with Gasteiger partial charge in [-0.2, -0.15) is 5.26 Å². The van der Waals surface area contributed by atoms with E-state index in [9.17, 15) is 0 Å². The van der Waals surface area contributed by atoms with Gasteiger partial charge in [0.05, 0.1) is 11.6 Å². The second-order valence-corrected chi connectivity index (χ2v) is 4.39. The van der Waals surface area contributed by atoms with Crippen LogP contribution in [0.25, 0.3) is 0 Å². The highest BCUT2D eigenvalue weighted by Crippen LogP contribution is 2.16. The predicted octanol–water partition coefficient (Wildman–Crippen LogP) is 2.90. The molecule has 2 aromatic carbocycles. The summed E-state index contributed by atoms with van der Waals surface area (Å²) in [5.74, 6) is 0.820. The zero-order valence-electron chi connectivity index (χ0n) is 10.9. The molecule has 0 aliphatic rings. The fourth-order valence-corrected chi connectivity index (χ4v) is 1.81. The first kappa shape index (κ1) is 13.1. The summed E-state index contributed by atoms with van der Waals surface area (Å²) in [6.45, 7) is 3.02. The molecule has 3 heteroatoms. The minimum absolute atomic E-state index is 0.500. The zero-order valence-corrected chi connectivity index (χ0v) is 10.9. The van der Waals surface area contributed by atoms with Crippen LogP contribution in [0.15, 0.2) is 42.5 Å². The van der Waals surface area contributed by atoms with Crippen molar-refractivity contribution in [2.24, 2.45) is 5.73 Å². The lowest BCUT2D eigenvalue weighted by Crippen LogP contribution is -1.99. The van der Waals surface area contributed by atoms with Crippen molar-refractivity contribution in [1.82, 2.24) is 0 Å². The van der Waals surface area contributed by atoms with Gasteiger partial charge in [0.25, 0.3) is 0 Å². The summed E-state index contributed by atoms with van der Waals surface area (Å²) in [6.07, 6.45) is 0. The van der Waals surface area contributed by atoms with Gasteiger partial charge in [0.2, 0.25) is 0 Å². The summed E-state index contributed by atoms with van der Waals surface area (Å²) < 4.78 is 5.72. The van der Waals surface area contributed by atoms with Gasteiger partial charge < -0.3 is 10.5 Å². The Labute approximate surface area is 113 Å². The van der Waals surface area contributed by atoms with Gasteiger partial charge in [0.15, 0.2) is 0 Å². The van der Waals surface area contributed by atoms with Crippen molar-refractivity contribution >= 4 is 0 Å². The summed E-state index contributed by atoms with van der Waals surface area (Å²) in [7, 11) is 0. The van der Waals surface area contributed by atoms with Crippen LogP contribution in [0.2, 0.25) is 0 Å². The highest BCUT2D eigenvalue weighted by molar-refractivity contribution is 5.37. The standard InChI is InChI=1S/C16H16N2O/c1-12-8-14(10-18)2-5-15(12)11-19-16-6-3-13(9-17)4-7-16/h2-8H,9,11,17H2,1H3.